The van der Waals surface area contributed by atoms with E-state index in [1.807, 2.05) is 31.3 Å². The van der Waals surface area contributed by atoms with E-state index in [1.165, 1.54) is 0 Å². The number of fused-ring (bicyclic) bond motifs is 1. The van der Waals surface area contributed by atoms with Gasteiger partial charge in [-0.2, -0.15) is 0 Å². The standard InChI is InChI=1S/C24H27N7/c1-17-3-2-4-22(30-17)24-23(28-16-29-24)18-5-6-21-19(13-18)14-20(15-27-21)26-9-12-31-10-7-25-8-11-31/h2-6,13-16,25-26H,7-12H2,1H3,(H,28,29). The zero-order chi connectivity index (χ0) is 21.0. The van der Waals surface area contributed by atoms with E-state index >= 15 is 0 Å². The van der Waals surface area contributed by atoms with Crippen LogP contribution >= 0.6 is 0 Å². The first-order valence-electron chi connectivity index (χ1n) is 10.8. The van der Waals surface area contributed by atoms with Crippen LogP contribution in [0.25, 0.3) is 33.5 Å². The van der Waals surface area contributed by atoms with Crippen molar-refractivity contribution in [3.05, 3.63) is 60.7 Å². The molecule has 4 heterocycles. The summed E-state index contributed by atoms with van der Waals surface area (Å²) in [4.78, 5) is 19.6. The highest BCUT2D eigenvalue weighted by molar-refractivity contribution is 5.88. The zero-order valence-electron chi connectivity index (χ0n) is 17.7. The molecule has 4 aromatic rings. The molecule has 1 saturated heterocycles. The Bertz CT molecular complexity index is 1180. The first-order chi connectivity index (χ1) is 15.3. The Hall–Kier alpha value is -3.29. The van der Waals surface area contributed by atoms with Gasteiger partial charge in [-0.1, -0.05) is 12.1 Å². The summed E-state index contributed by atoms with van der Waals surface area (Å²) in [6.07, 6.45) is 3.64. The molecule has 0 unspecified atom stereocenters. The fourth-order valence-corrected chi connectivity index (χ4v) is 4.06. The van der Waals surface area contributed by atoms with Crippen LogP contribution in [-0.2, 0) is 0 Å². The second-order valence-corrected chi connectivity index (χ2v) is 7.94. The third-order valence-corrected chi connectivity index (χ3v) is 5.71. The molecule has 3 aromatic heterocycles. The minimum atomic E-state index is 0.897. The van der Waals surface area contributed by atoms with E-state index in [2.05, 4.69) is 59.7 Å². The highest BCUT2D eigenvalue weighted by Crippen LogP contribution is 2.30. The number of aromatic amines is 1. The van der Waals surface area contributed by atoms with Crippen molar-refractivity contribution >= 4 is 16.6 Å². The van der Waals surface area contributed by atoms with E-state index in [1.54, 1.807) is 6.33 Å². The van der Waals surface area contributed by atoms with Crippen LogP contribution in [0.2, 0.25) is 0 Å². The number of pyridine rings is 2. The first kappa shape index (κ1) is 19.7. The molecule has 0 spiro atoms. The number of imidazole rings is 1. The lowest BCUT2D eigenvalue weighted by atomic mass is 10.0. The molecule has 0 atom stereocenters. The average molecular weight is 414 g/mol. The number of benzene rings is 1. The van der Waals surface area contributed by atoms with Crippen molar-refractivity contribution in [1.29, 1.82) is 0 Å². The summed E-state index contributed by atoms with van der Waals surface area (Å²) < 4.78 is 0. The molecule has 1 aliphatic heterocycles. The number of hydrogen-bond donors (Lipinski definition) is 3. The van der Waals surface area contributed by atoms with Crippen LogP contribution in [0.5, 0.6) is 0 Å². The molecule has 0 bridgehead atoms. The lowest BCUT2D eigenvalue weighted by Gasteiger charge is -2.27. The summed E-state index contributed by atoms with van der Waals surface area (Å²) in [7, 11) is 0. The van der Waals surface area contributed by atoms with Crippen molar-refractivity contribution in [2.75, 3.05) is 44.6 Å². The summed E-state index contributed by atoms with van der Waals surface area (Å²) in [5.41, 5.74) is 6.78. The van der Waals surface area contributed by atoms with Gasteiger partial charge in [0.1, 0.15) is 0 Å². The predicted molar refractivity (Wildman–Crippen MR) is 125 cm³/mol. The monoisotopic (exact) mass is 413 g/mol. The number of piperazine rings is 1. The number of aryl methyl sites for hydroxylation is 1. The number of anilines is 1. The molecule has 0 saturated carbocycles. The molecule has 7 heteroatoms. The highest BCUT2D eigenvalue weighted by atomic mass is 15.2. The van der Waals surface area contributed by atoms with Crippen LogP contribution in [0.1, 0.15) is 5.69 Å². The van der Waals surface area contributed by atoms with Crippen LogP contribution in [0.15, 0.2) is 55.0 Å². The number of hydrogen-bond acceptors (Lipinski definition) is 6. The molecule has 0 amide bonds. The largest absolute Gasteiger partial charge is 0.382 e. The van der Waals surface area contributed by atoms with Gasteiger partial charge in [-0.25, -0.2) is 4.98 Å². The van der Waals surface area contributed by atoms with E-state index in [-0.39, 0.29) is 0 Å². The minimum Gasteiger partial charge on any atom is -0.382 e. The summed E-state index contributed by atoms with van der Waals surface area (Å²) in [6, 6.07) is 14.5. The molecule has 1 fully saturated rings. The maximum atomic E-state index is 4.65. The summed E-state index contributed by atoms with van der Waals surface area (Å²) in [5, 5.41) is 8.01. The summed E-state index contributed by atoms with van der Waals surface area (Å²) in [6.45, 7) is 8.33. The van der Waals surface area contributed by atoms with E-state index in [9.17, 15) is 0 Å². The van der Waals surface area contributed by atoms with Crippen molar-refractivity contribution in [1.82, 2.24) is 30.2 Å². The number of aromatic nitrogens is 4. The Morgan fingerprint density at radius 1 is 1.06 bits per heavy atom. The second kappa shape index (κ2) is 8.83. The van der Waals surface area contributed by atoms with Crippen LogP contribution in [0, 0.1) is 6.92 Å². The smallest absolute Gasteiger partial charge is 0.0977 e. The number of H-pyrrole nitrogens is 1. The van der Waals surface area contributed by atoms with Gasteiger partial charge in [-0.3, -0.25) is 14.9 Å². The third-order valence-electron chi connectivity index (χ3n) is 5.71. The molecule has 3 N–H and O–H groups in total. The molecule has 1 aromatic carbocycles. The van der Waals surface area contributed by atoms with Crippen LogP contribution in [0.3, 0.4) is 0 Å². The van der Waals surface area contributed by atoms with Crippen molar-refractivity contribution in [2.24, 2.45) is 0 Å². The Balaban J connectivity index is 1.37. The normalized spacial score (nSPS) is 14.7. The second-order valence-electron chi connectivity index (χ2n) is 7.94. The van der Waals surface area contributed by atoms with E-state index in [4.69, 9.17) is 0 Å². The SMILES string of the molecule is Cc1cccc(-c2[nH]cnc2-c2ccc3ncc(NCCN4CCNCC4)cc3c2)n1. The average Bonchev–Trinajstić information content (AvgIpc) is 3.29. The van der Waals surface area contributed by atoms with Crippen molar-refractivity contribution in [3.8, 4) is 22.6 Å². The Kier molecular flexibility index (Phi) is 5.60. The lowest BCUT2D eigenvalue weighted by Crippen LogP contribution is -2.45. The van der Waals surface area contributed by atoms with Gasteiger partial charge in [0.2, 0.25) is 0 Å². The quantitative estimate of drug-likeness (QED) is 0.450. The lowest BCUT2D eigenvalue weighted by molar-refractivity contribution is 0.249. The predicted octanol–water partition coefficient (Wildman–Crippen LogP) is 3.31. The molecule has 0 aliphatic carbocycles. The minimum absolute atomic E-state index is 0.897. The van der Waals surface area contributed by atoms with Crippen LogP contribution in [0.4, 0.5) is 5.69 Å². The highest BCUT2D eigenvalue weighted by Gasteiger charge is 2.13. The molecular weight excluding hydrogens is 386 g/mol. The molecule has 1 aliphatic rings. The Morgan fingerprint density at radius 3 is 2.84 bits per heavy atom. The van der Waals surface area contributed by atoms with E-state index < -0.39 is 0 Å². The molecule has 7 nitrogen and oxygen atoms in total. The van der Waals surface area contributed by atoms with E-state index in [0.717, 1.165) is 84.2 Å². The first-order valence-corrected chi connectivity index (χ1v) is 10.8. The van der Waals surface area contributed by atoms with Gasteiger partial charge in [0.05, 0.1) is 40.8 Å². The number of nitrogens with zero attached hydrogens (tertiary/aromatic N) is 4. The van der Waals surface area contributed by atoms with Crippen molar-refractivity contribution in [3.63, 3.8) is 0 Å². The van der Waals surface area contributed by atoms with Gasteiger partial charge in [-0.15, -0.1) is 0 Å². The fourth-order valence-electron chi connectivity index (χ4n) is 4.06. The van der Waals surface area contributed by atoms with Gasteiger partial charge in [0.25, 0.3) is 0 Å². The maximum absolute atomic E-state index is 4.65. The van der Waals surface area contributed by atoms with Gasteiger partial charge in [-0.05, 0) is 37.3 Å². The molecule has 5 rings (SSSR count). The van der Waals surface area contributed by atoms with Crippen molar-refractivity contribution in [2.45, 2.75) is 6.92 Å². The van der Waals surface area contributed by atoms with E-state index in [0.29, 0.717) is 0 Å². The van der Waals surface area contributed by atoms with Crippen LogP contribution in [-0.4, -0.2) is 64.1 Å². The molecule has 158 valence electrons. The van der Waals surface area contributed by atoms with Gasteiger partial charge >= 0.3 is 0 Å². The summed E-state index contributed by atoms with van der Waals surface area (Å²) >= 11 is 0. The van der Waals surface area contributed by atoms with Gasteiger partial charge in [0.15, 0.2) is 0 Å². The van der Waals surface area contributed by atoms with Crippen LogP contribution < -0.4 is 10.6 Å². The molecule has 0 radical (unpaired) electrons. The number of rotatable bonds is 6. The fraction of sp³-hybridized carbons (Fsp3) is 0.292. The van der Waals surface area contributed by atoms with Gasteiger partial charge in [0, 0.05) is 55.9 Å². The zero-order valence-corrected chi connectivity index (χ0v) is 17.7. The third kappa shape index (κ3) is 4.42. The maximum Gasteiger partial charge on any atom is 0.0977 e. The number of nitrogens with one attached hydrogen (secondary N) is 3. The molecule has 31 heavy (non-hydrogen) atoms. The Morgan fingerprint density at radius 2 is 1.97 bits per heavy atom. The van der Waals surface area contributed by atoms with Gasteiger partial charge < -0.3 is 15.6 Å². The van der Waals surface area contributed by atoms with Crippen molar-refractivity contribution < 1.29 is 0 Å². The summed E-state index contributed by atoms with van der Waals surface area (Å²) in [5.74, 6) is 0. The Labute approximate surface area is 182 Å². The topological polar surface area (TPSA) is 81.8 Å². The molecular formula is C24H27N7.